The Balaban J connectivity index is 1.79. The molecule has 142 valence electrons. The number of benzene rings is 2. The van der Waals surface area contributed by atoms with Gasteiger partial charge in [-0.2, -0.15) is 0 Å². The molecule has 1 fully saturated rings. The molecule has 0 aromatic heterocycles. The van der Waals surface area contributed by atoms with E-state index < -0.39 is 17.5 Å². The highest BCUT2D eigenvalue weighted by atomic mass is 35.5. The third-order valence-corrected chi connectivity index (χ3v) is 6.65. The van der Waals surface area contributed by atoms with Crippen LogP contribution in [-0.2, 0) is 6.42 Å². The van der Waals surface area contributed by atoms with Crippen molar-refractivity contribution in [3.63, 3.8) is 0 Å². The number of rotatable bonds is 2. The van der Waals surface area contributed by atoms with E-state index in [4.69, 9.17) is 11.6 Å². The van der Waals surface area contributed by atoms with Crippen LogP contribution in [0.5, 0.6) is 0 Å². The molecule has 4 heteroatoms. The van der Waals surface area contributed by atoms with Crippen LogP contribution in [0.15, 0.2) is 42.5 Å². The van der Waals surface area contributed by atoms with Gasteiger partial charge in [-0.15, -0.1) is 0 Å². The average molecular weight is 391 g/mol. The summed E-state index contributed by atoms with van der Waals surface area (Å²) in [6.07, 6.45) is 7.45. The fourth-order valence-corrected chi connectivity index (χ4v) is 5.42. The van der Waals surface area contributed by atoms with Crippen molar-refractivity contribution >= 4 is 11.6 Å². The van der Waals surface area contributed by atoms with E-state index in [1.165, 1.54) is 12.1 Å². The maximum atomic E-state index is 14.3. The van der Waals surface area contributed by atoms with Crippen molar-refractivity contribution in [2.75, 3.05) is 0 Å². The molecule has 0 spiro atoms. The number of hydrogen-bond donors (Lipinski definition) is 0. The molecule has 0 saturated heterocycles. The van der Waals surface area contributed by atoms with Gasteiger partial charge in [0.25, 0.3) is 0 Å². The van der Waals surface area contributed by atoms with Crippen LogP contribution in [0, 0.1) is 29.3 Å². The Kier molecular flexibility index (Phi) is 5.07. The number of halogens is 4. The molecule has 2 aromatic rings. The molecule has 2 aliphatic rings. The highest BCUT2D eigenvalue weighted by molar-refractivity contribution is 6.30. The van der Waals surface area contributed by atoms with Crippen LogP contribution in [0.25, 0.3) is 0 Å². The Labute approximate surface area is 163 Å². The van der Waals surface area contributed by atoms with E-state index in [1.54, 1.807) is 6.07 Å². The smallest absolute Gasteiger partial charge is 0.142 e. The molecule has 27 heavy (non-hydrogen) atoms. The SMILES string of the molecule is CC=C[C@@H]1CC[C@H]2c3cc(F)cc(F)c3CC[C@@H]2[C@H]1c1ccc(Cl)c(F)c1. The molecule has 2 aromatic carbocycles. The molecular weight excluding hydrogens is 369 g/mol. The fourth-order valence-electron chi connectivity index (χ4n) is 5.31. The Morgan fingerprint density at radius 3 is 2.56 bits per heavy atom. The summed E-state index contributed by atoms with van der Waals surface area (Å²) < 4.78 is 42.4. The second kappa shape index (κ2) is 7.35. The molecule has 4 atom stereocenters. The van der Waals surface area contributed by atoms with Gasteiger partial charge in [0.15, 0.2) is 0 Å². The van der Waals surface area contributed by atoms with Crippen LogP contribution in [0.3, 0.4) is 0 Å². The number of allylic oxidation sites excluding steroid dienone is 2. The summed E-state index contributed by atoms with van der Waals surface area (Å²) in [7, 11) is 0. The zero-order chi connectivity index (χ0) is 19.1. The second-order valence-corrected chi connectivity index (χ2v) is 8.14. The van der Waals surface area contributed by atoms with Crippen molar-refractivity contribution in [2.24, 2.45) is 11.8 Å². The van der Waals surface area contributed by atoms with E-state index in [9.17, 15) is 13.2 Å². The van der Waals surface area contributed by atoms with Crippen LogP contribution in [0.1, 0.15) is 54.7 Å². The van der Waals surface area contributed by atoms with E-state index in [-0.39, 0.29) is 28.7 Å². The van der Waals surface area contributed by atoms with Crippen molar-refractivity contribution in [2.45, 2.75) is 44.4 Å². The molecule has 0 heterocycles. The van der Waals surface area contributed by atoms with Gasteiger partial charge in [-0.05, 0) is 91.2 Å². The van der Waals surface area contributed by atoms with Gasteiger partial charge in [0.2, 0.25) is 0 Å². The van der Waals surface area contributed by atoms with Crippen LogP contribution in [0.4, 0.5) is 13.2 Å². The molecule has 2 aliphatic carbocycles. The predicted molar refractivity (Wildman–Crippen MR) is 103 cm³/mol. The zero-order valence-corrected chi connectivity index (χ0v) is 15.9. The van der Waals surface area contributed by atoms with Gasteiger partial charge < -0.3 is 0 Å². The van der Waals surface area contributed by atoms with Crippen LogP contribution in [0.2, 0.25) is 5.02 Å². The van der Waals surface area contributed by atoms with Crippen LogP contribution in [-0.4, -0.2) is 0 Å². The van der Waals surface area contributed by atoms with Crippen molar-refractivity contribution < 1.29 is 13.2 Å². The number of hydrogen-bond acceptors (Lipinski definition) is 0. The summed E-state index contributed by atoms with van der Waals surface area (Å²) in [4.78, 5) is 0. The maximum Gasteiger partial charge on any atom is 0.142 e. The first-order chi connectivity index (χ1) is 13.0. The van der Waals surface area contributed by atoms with E-state index in [0.29, 0.717) is 12.0 Å². The molecular formula is C23H22ClF3. The molecule has 0 amide bonds. The summed E-state index contributed by atoms with van der Waals surface area (Å²) in [5.41, 5.74) is 2.39. The van der Waals surface area contributed by atoms with Gasteiger partial charge in [0, 0.05) is 6.07 Å². The Bertz CT molecular complexity index is 889. The zero-order valence-electron chi connectivity index (χ0n) is 15.2. The molecule has 0 nitrogen and oxygen atoms in total. The normalized spacial score (nSPS) is 27.4. The summed E-state index contributed by atoms with van der Waals surface area (Å²) >= 11 is 5.88. The Hall–Kier alpha value is -1.74. The maximum absolute atomic E-state index is 14.3. The minimum atomic E-state index is -0.517. The third-order valence-electron chi connectivity index (χ3n) is 6.34. The summed E-state index contributed by atoms with van der Waals surface area (Å²) in [6, 6.07) is 7.53. The molecule has 0 N–H and O–H groups in total. The fraction of sp³-hybridized carbons (Fsp3) is 0.391. The summed E-state index contributed by atoms with van der Waals surface area (Å²) in [5, 5.41) is 0.117. The molecule has 0 unspecified atom stereocenters. The lowest BCUT2D eigenvalue weighted by atomic mass is 9.58. The van der Waals surface area contributed by atoms with Gasteiger partial charge in [-0.1, -0.05) is 29.8 Å². The number of fused-ring (bicyclic) bond motifs is 3. The van der Waals surface area contributed by atoms with Gasteiger partial charge in [0.1, 0.15) is 17.5 Å². The first kappa shape index (κ1) is 18.6. The van der Waals surface area contributed by atoms with Crippen molar-refractivity contribution in [1.29, 1.82) is 0 Å². The minimum absolute atomic E-state index is 0.101. The molecule has 1 saturated carbocycles. The quantitative estimate of drug-likeness (QED) is 0.476. The van der Waals surface area contributed by atoms with E-state index >= 15 is 0 Å². The van der Waals surface area contributed by atoms with Crippen molar-refractivity contribution in [1.82, 2.24) is 0 Å². The average Bonchev–Trinajstić information content (AvgIpc) is 2.64. The Morgan fingerprint density at radius 2 is 1.81 bits per heavy atom. The molecule has 0 radical (unpaired) electrons. The summed E-state index contributed by atoms with van der Waals surface area (Å²) in [5.74, 6) is -0.630. The third kappa shape index (κ3) is 3.31. The summed E-state index contributed by atoms with van der Waals surface area (Å²) in [6.45, 7) is 1.99. The van der Waals surface area contributed by atoms with E-state index in [0.717, 1.165) is 36.5 Å². The largest absolute Gasteiger partial charge is 0.207 e. The monoisotopic (exact) mass is 390 g/mol. The van der Waals surface area contributed by atoms with Gasteiger partial charge in [0.05, 0.1) is 5.02 Å². The molecule has 4 rings (SSSR count). The highest BCUT2D eigenvalue weighted by Crippen LogP contribution is 2.54. The van der Waals surface area contributed by atoms with E-state index in [2.05, 4.69) is 6.08 Å². The minimum Gasteiger partial charge on any atom is -0.207 e. The topological polar surface area (TPSA) is 0 Å². The van der Waals surface area contributed by atoms with Gasteiger partial charge in [-0.25, -0.2) is 13.2 Å². The van der Waals surface area contributed by atoms with Crippen molar-refractivity contribution in [3.05, 3.63) is 81.6 Å². The van der Waals surface area contributed by atoms with Crippen molar-refractivity contribution in [3.8, 4) is 0 Å². The van der Waals surface area contributed by atoms with Gasteiger partial charge >= 0.3 is 0 Å². The standard InChI is InChI=1S/C23H22ClF3/c1-2-3-13-4-6-16-18(23(13)14-5-9-20(24)22(27)10-14)8-7-17-19(16)11-15(25)12-21(17)26/h2-3,5,9-13,16,18,23H,4,6-8H2,1H3/t13-,16-,18+,23-/m1/s1. The lowest BCUT2D eigenvalue weighted by Crippen LogP contribution is -2.35. The highest BCUT2D eigenvalue weighted by Gasteiger charge is 2.43. The molecule has 0 aliphatic heterocycles. The lowest BCUT2D eigenvalue weighted by molar-refractivity contribution is 0.193. The van der Waals surface area contributed by atoms with E-state index in [1.807, 2.05) is 19.1 Å². The lowest BCUT2D eigenvalue weighted by Gasteiger charge is -2.46. The van der Waals surface area contributed by atoms with Gasteiger partial charge in [-0.3, -0.25) is 0 Å². The van der Waals surface area contributed by atoms with Crippen LogP contribution < -0.4 is 0 Å². The first-order valence-corrected chi connectivity index (χ1v) is 9.93. The first-order valence-electron chi connectivity index (χ1n) is 9.55. The second-order valence-electron chi connectivity index (χ2n) is 7.73. The predicted octanol–water partition coefficient (Wildman–Crippen LogP) is 7.17. The molecule has 0 bridgehead atoms. The van der Waals surface area contributed by atoms with Crippen LogP contribution >= 0.6 is 11.6 Å². The Morgan fingerprint density at radius 1 is 1.00 bits per heavy atom.